The van der Waals surface area contributed by atoms with Gasteiger partial charge in [-0.2, -0.15) is 10.2 Å². The predicted molar refractivity (Wildman–Crippen MR) is 102 cm³/mol. The average molecular weight is 455 g/mol. The van der Waals surface area contributed by atoms with Crippen LogP contribution in [0, 0.1) is 0 Å². The fraction of sp³-hybridized carbons (Fsp3) is 0.278. The number of benzene rings is 2. The molecule has 0 unspecified atom stereocenters. The van der Waals surface area contributed by atoms with Gasteiger partial charge in [0.15, 0.2) is 0 Å². The van der Waals surface area contributed by atoms with Gasteiger partial charge in [-0.3, -0.25) is 0 Å². The summed E-state index contributed by atoms with van der Waals surface area (Å²) in [7, 11) is -3.85. The second kappa shape index (κ2) is 8.39. The Morgan fingerprint density at radius 2 is 1.63 bits per heavy atom. The highest BCUT2D eigenvalue weighted by Crippen LogP contribution is 2.28. The highest BCUT2D eigenvalue weighted by molar-refractivity contribution is 9.10. The molecule has 144 valence electrons. The van der Waals surface area contributed by atoms with Crippen LogP contribution >= 0.6 is 15.9 Å². The van der Waals surface area contributed by atoms with Crippen LogP contribution in [0.1, 0.15) is 19.3 Å². The maximum atomic E-state index is 13.0. The number of nitrogens with zero attached hydrogens (tertiary/aromatic N) is 1. The minimum atomic E-state index is -3.85. The summed E-state index contributed by atoms with van der Waals surface area (Å²) in [5.74, 6) is 5.36. The molecule has 2 aromatic rings. The lowest BCUT2D eigenvalue weighted by atomic mass is 10.1. The van der Waals surface area contributed by atoms with Crippen LogP contribution < -0.4 is 10.6 Å². The third-order valence-electron chi connectivity index (χ3n) is 4.32. The first kappa shape index (κ1) is 19.8. The number of carbonyl (C=O) groups excluding carboxylic acids is 1. The molecule has 1 fully saturated rings. The average Bonchev–Trinajstić information content (AvgIpc) is 2.69. The van der Waals surface area contributed by atoms with Crippen molar-refractivity contribution < 1.29 is 22.8 Å². The van der Waals surface area contributed by atoms with Crippen molar-refractivity contribution in [2.45, 2.75) is 30.2 Å². The number of carbonyl (C=O) groups is 1. The van der Waals surface area contributed by atoms with Gasteiger partial charge >= 0.3 is 5.97 Å². The van der Waals surface area contributed by atoms with Crippen molar-refractivity contribution in [1.82, 2.24) is 4.31 Å². The smallest absolute Gasteiger partial charge is 0.342 e. The normalized spacial score (nSPS) is 18.1. The van der Waals surface area contributed by atoms with E-state index >= 15 is 0 Å². The summed E-state index contributed by atoms with van der Waals surface area (Å²) in [6, 6.07) is 12.5. The van der Waals surface area contributed by atoms with Gasteiger partial charge in [-0.05, 0) is 67.8 Å². The highest BCUT2D eigenvalue weighted by atomic mass is 79.9. The maximum Gasteiger partial charge on any atom is 0.342 e. The quantitative estimate of drug-likeness (QED) is 0.696. The lowest BCUT2D eigenvalue weighted by Gasteiger charge is -2.32. The molecule has 0 saturated carbocycles. The van der Waals surface area contributed by atoms with Crippen LogP contribution in [0.15, 0.2) is 57.9 Å². The van der Waals surface area contributed by atoms with Gasteiger partial charge in [-0.25, -0.2) is 13.2 Å². The molecular formula is C18H19BrN2O5S. The minimum absolute atomic E-state index is 0.0855. The van der Waals surface area contributed by atoms with Crippen molar-refractivity contribution in [3.8, 4) is 11.5 Å². The fourth-order valence-electron chi connectivity index (χ4n) is 2.96. The lowest BCUT2D eigenvalue weighted by Crippen LogP contribution is -2.49. The SMILES string of the molecule is NOC(=O)[C@H]1CCCCN1S(=O)(=O)c1ccc(Oc2ccc(Br)cc2)cc1. The molecule has 2 N–H and O–H groups in total. The molecule has 7 nitrogen and oxygen atoms in total. The van der Waals surface area contributed by atoms with E-state index in [4.69, 9.17) is 10.6 Å². The maximum absolute atomic E-state index is 13.0. The van der Waals surface area contributed by atoms with E-state index in [0.29, 0.717) is 24.3 Å². The van der Waals surface area contributed by atoms with Crippen molar-refractivity contribution in [2.24, 2.45) is 5.90 Å². The second-order valence-corrected chi connectivity index (χ2v) is 8.90. The van der Waals surface area contributed by atoms with Gasteiger partial charge < -0.3 is 9.57 Å². The topological polar surface area (TPSA) is 98.9 Å². The number of sulfonamides is 1. The van der Waals surface area contributed by atoms with Gasteiger partial charge in [0, 0.05) is 11.0 Å². The van der Waals surface area contributed by atoms with Gasteiger partial charge in [0.1, 0.15) is 17.5 Å². The highest BCUT2D eigenvalue weighted by Gasteiger charge is 2.38. The molecule has 0 amide bonds. The van der Waals surface area contributed by atoms with Crippen LogP contribution in [-0.4, -0.2) is 31.3 Å². The number of halogens is 1. The zero-order valence-corrected chi connectivity index (χ0v) is 16.8. The zero-order valence-electron chi connectivity index (χ0n) is 14.4. The number of hydrogen-bond donors (Lipinski definition) is 1. The molecule has 0 spiro atoms. The van der Waals surface area contributed by atoms with E-state index in [9.17, 15) is 13.2 Å². The van der Waals surface area contributed by atoms with Crippen molar-refractivity contribution in [1.29, 1.82) is 0 Å². The van der Waals surface area contributed by atoms with Gasteiger partial charge in [0.2, 0.25) is 10.0 Å². The first-order chi connectivity index (χ1) is 12.9. The summed E-state index contributed by atoms with van der Waals surface area (Å²) < 4.78 is 33.7. The van der Waals surface area contributed by atoms with Gasteiger partial charge in [0.25, 0.3) is 0 Å². The Morgan fingerprint density at radius 1 is 1.04 bits per heavy atom. The van der Waals surface area contributed by atoms with Crippen LogP contribution in [-0.2, 0) is 19.7 Å². The third-order valence-corrected chi connectivity index (χ3v) is 6.77. The molecule has 0 aliphatic carbocycles. The number of piperidine rings is 1. The molecule has 0 aromatic heterocycles. The van der Waals surface area contributed by atoms with E-state index in [-0.39, 0.29) is 11.4 Å². The van der Waals surface area contributed by atoms with Crippen LogP contribution in [0.25, 0.3) is 0 Å². The van der Waals surface area contributed by atoms with Crippen LogP contribution in [0.4, 0.5) is 0 Å². The summed E-state index contributed by atoms with van der Waals surface area (Å²) in [6.07, 6.45) is 1.81. The van der Waals surface area contributed by atoms with E-state index in [2.05, 4.69) is 20.8 Å². The third kappa shape index (κ3) is 4.49. The van der Waals surface area contributed by atoms with E-state index in [0.717, 1.165) is 15.2 Å². The van der Waals surface area contributed by atoms with Crippen LogP contribution in [0.2, 0.25) is 0 Å². The van der Waals surface area contributed by atoms with Crippen molar-refractivity contribution in [2.75, 3.05) is 6.54 Å². The van der Waals surface area contributed by atoms with E-state index in [1.165, 1.54) is 12.1 Å². The summed E-state index contributed by atoms with van der Waals surface area (Å²) in [4.78, 5) is 16.2. The van der Waals surface area contributed by atoms with Gasteiger partial charge in [0.05, 0.1) is 4.90 Å². The standard InChI is InChI=1S/C18H19BrN2O5S/c19-13-4-6-14(7-5-13)25-15-8-10-16(11-9-15)27(23,24)21-12-2-1-3-17(21)18(22)26-20/h4-11,17H,1-3,12,20H2/t17-/m1/s1. The molecule has 1 aliphatic heterocycles. The molecular weight excluding hydrogens is 436 g/mol. The predicted octanol–water partition coefficient (Wildman–Crippen LogP) is 3.20. The van der Waals surface area contributed by atoms with Gasteiger partial charge in [-0.15, -0.1) is 0 Å². The monoisotopic (exact) mass is 454 g/mol. The Hall–Kier alpha value is -1.94. The molecule has 1 atom stereocenters. The van der Waals surface area contributed by atoms with Crippen molar-refractivity contribution in [3.05, 3.63) is 53.0 Å². The van der Waals surface area contributed by atoms with Crippen LogP contribution in [0.3, 0.4) is 0 Å². The Morgan fingerprint density at radius 3 is 2.22 bits per heavy atom. The molecule has 1 heterocycles. The summed E-state index contributed by atoms with van der Waals surface area (Å²) in [6.45, 7) is 0.249. The molecule has 1 saturated heterocycles. The van der Waals surface area contributed by atoms with Crippen molar-refractivity contribution in [3.63, 3.8) is 0 Å². The first-order valence-electron chi connectivity index (χ1n) is 8.38. The summed E-state index contributed by atoms with van der Waals surface area (Å²) in [5.41, 5.74) is 0. The lowest BCUT2D eigenvalue weighted by molar-refractivity contribution is -0.149. The molecule has 27 heavy (non-hydrogen) atoms. The Bertz CT molecular complexity index is 900. The van der Waals surface area contributed by atoms with Crippen LogP contribution in [0.5, 0.6) is 11.5 Å². The minimum Gasteiger partial charge on any atom is -0.457 e. The molecule has 1 aliphatic rings. The molecule has 9 heteroatoms. The molecule has 3 rings (SSSR count). The number of nitrogens with two attached hydrogens (primary N) is 1. The molecule has 2 aromatic carbocycles. The number of hydrogen-bond acceptors (Lipinski definition) is 6. The Kier molecular flexibility index (Phi) is 6.15. The molecule has 0 bridgehead atoms. The zero-order chi connectivity index (χ0) is 19.4. The largest absolute Gasteiger partial charge is 0.457 e. The van der Waals surface area contributed by atoms with Gasteiger partial charge in [-0.1, -0.05) is 15.9 Å². The Labute approximate surface area is 166 Å². The fourth-order valence-corrected chi connectivity index (χ4v) is 4.87. The summed E-state index contributed by atoms with van der Waals surface area (Å²) in [5, 5.41) is 0. The van der Waals surface area contributed by atoms with Crippen molar-refractivity contribution >= 4 is 31.9 Å². The number of rotatable bonds is 5. The van der Waals surface area contributed by atoms with E-state index in [1.54, 1.807) is 24.3 Å². The second-order valence-electron chi connectivity index (χ2n) is 6.09. The first-order valence-corrected chi connectivity index (χ1v) is 10.6. The summed E-state index contributed by atoms with van der Waals surface area (Å²) >= 11 is 3.35. The Balaban J connectivity index is 1.80. The number of ether oxygens (including phenoxy) is 1. The van der Waals surface area contributed by atoms with E-state index in [1.807, 2.05) is 12.1 Å². The van der Waals surface area contributed by atoms with E-state index < -0.39 is 22.0 Å². The molecule has 0 radical (unpaired) electrons.